The Morgan fingerprint density at radius 3 is 2.20 bits per heavy atom. The molecule has 0 radical (unpaired) electrons. The number of unbranched alkanes of at least 4 members (excludes halogenated alkanes) is 1. The second-order valence-electron chi connectivity index (χ2n) is 6.79. The van der Waals surface area contributed by atoms with Crippen LogP contribution in [0.3, 0.4) is 0 Å². The fourth-order valence-electron chi connectivity index (χ4n) is 3.74. The first-order chi connectivity index (χ1) is 9.60. The molecule has 0 amide bonds. The van der Waals surface area contributed by atoms with Crippen LogP contribution >= 0.6 is 0 Å². The molecule has 2 rings (SSSR count). The minimum absolute atomic E-state index is 0.263. The van der Waals surface area contributed by atoms with E-state index in [1.807, 2.05) is 0 Å². The minimum Gasteiger partial charge on any atom is -0.388 e. The highest BCUT2D eigenvalue weighted by molar-refractivity contribution is 5.30. The summed E-state index contributed by atoms with van der Waals surface area (Å²) in [5.41, 5.74) is 3.64. The van der Waals surface area contributed by atoms with E-state index in [1.54, 1.807) is 0 Å². The maximum Gasteiger partial charge on any atom is 0.0818 e. The standard InChI is InChI=1S/C19H30O/c1-4-5-6-16-7-9-17(10-8-16)19(20)18-12-14(2)11-15(3)13-18/h11-13,16-17,19-20H,4-10H2,1-3H3. The van der Waals surface area contributed by atoms with E-state index in [0.29, 0.717) is 5.92 Å². The van der Waals surface area contributed by atoms with Crippen molar-refractivity contribution < 1.29 is 5.11 Å². The highest BCUT2D eigenvalue weighted by atomic mass is 16.3. The minimum atomic E-state index is -0.263. The Labute approximate surface area is 124 Å². The topological polar surface area (TPSA) is 20.2 Å². The van der Waals surface area contributed by atoms with Gasteiger partial charge in [0, 0.05) is 0 Å². The molecule has 1 unspecified atom stereocenters. The summed E-state index contributed by atoms with van der Waals surface area (Å²) >= 11 is 0. The molecule has 0 spiro atoms. The van der Waals surface area contributed by atoms with Gasteiger partial charge in [0.1, 0.15) is 0 Å². The number of aliphatic hydroxyl groups is 1. The van der Waals surface area contributed by atoms with Gasteiger partial charge in [-0.2, -0.15) is 0 Å². The first kappa shape index (κ1) is 15.6. The second kappa shape index (κ2) is 7.26. The number of aliphatic hydroxyl groups excluding tert-OH is 1. The molecule has 1 fully saturated rings. The SMILES string of the molecule is CCCCC1CCC(C(O)c2cc(C)cc(C)c2)CC1. The van der Waals surface area contributed by atoms with Crippen LogP contribution in [-0.4, -0.2) is 5.11 Å². The molecule has 0 saturated heterocycles. The summed E-state index contributed by atoms with van der Waals surface area (Å²) in [7, 11) is 0. The third-order valence-electron chi connectivity index (χ3n) is 4.89. The maximum atomic E-state index is 10.7. The quantitative estimate of drug-likeness (QED) is 0.769. The smallest absolute Gasteiger partial charge is 0.0818 e. The van der Waals surface area contributed by atoms with Crippen molar-refractivity contribution in [3.63, 3.8) is 0 Å². The molecule has 1 aromatic rings. The van der Waals surface area contributed by atoms with E-state index in [2.05, 4.69) is 39.0 Å². The summed E-state index contributed by atoms with van der Waals surface area (Å²) < 4.78 is 0. The van der Waals surface area contributed by atoms with E-state index in [9.17, 15) is 5.11 Å². The lowest BCUT2D eigenvalue weighted by Crippen LogP contribution is -2.20. The van der Waals surface area contributed by atoms with Crippen molar-refractivity contribution in [2.75, 3.05) is 0 Å². The Bertz CT molecular complexity index is 396. The lowest BCUT2D eigenvalue weighted by molar-refractivity contribution is 0.0719. The fraction of sp³-hybridized carbons (Fsp3) is 0.684. The van der Waals surface area contributed by atoms with E-state index in [1.165, 1.54) is 56.1 Å². The number of hydrogen-bond donors (Lipinski definition) is 1. The molecule has 0 aromatic heterocycles. The van der Waals surface area contributed by atoms with Gasteiger partial charge in [-0.1, -0.05) is 68.4 Å². The van der Waals surface area contributed by atoms with Crippen molar-refractivity contribution in [2.24, 2.45) is 11.8 Å². The van der Waals surface area contributed by atoms with Crippen molar-refractivity contribution in [1.29, 1.82) is 0 Å². The van der Waals surface area contributed by atoms with Crippen molar-refractivity contribution in [1.82, 2.24) is 0 Å². The first-order valence-corrected chi connectivity index (χ1v) is 8.36. The van der Waals surface area contributed by atoms with Gasteiger partial charge in [-0.3, -0.25) is 0 Å². The molecule has 1 saturated carbocycles. The molecule has 1 aliphatic carbocycles. The summed E-state index contributed by atoms with van der Waals surface area (Å²) in [5, 5.41) is 10.7. The summed E-state index contributed by atoms with van der Waals surface area (Å²) in [6, 6.07) is 6.49. The predicted molar refractivity (Wildman–Crippen MR) is 85.8 cm³/mol. The van der Waals surface area contributed by atoms with Gasteiger partial charge < -0.3 is 5.11 Å². The Balaban J connectivity index is 1.92. The third kappa shape index (κ3) is 4.09. The monoisotopic (exact) mass is 274 g/mol. The van der Waals surface area contributed by atoms with Gasteiger partial charge in [0.25, 0.3) is 0 Å². The average Bonchev–Trinajstić information content (AvgIpc) is 2.44. The molecule has 0 heterocycles. The Morgan fingerprint density at radius 1 is 1.05 bits per heavy atom. The zero-order chi connectivity index (χ0) is 14.5. The Kier molecular flexibility index (Phi) is 5.65. The molecule has 1 N–H and O–H groups in total. The van der Waals surface area contributed by atoms with Crippen LogP contribution < -0.4 is 0 Å². The van der Waals surface area contributed by atoms with Crippen molar-refractivity contribution in [3.8, 4) is 0 Å². The molecule has 20 heavy (non-hydrogen) atoms. The molecule has 0 bridgehead atoms. The molecule has 1 heteroatoms. The van der Waals surface area contributed by atoms with E-state index in [0.717, 1.165) is 11.5 Å². The van der Waals surface area contributed by atoms with Gasteiger partial charge in [0.15, 0.2) is 0 Å². The molecular weight excluding hydrogens is 244 g/mol. The highest BCUT2D eigenvalue weighted by Gasteiger charge is 2.27. The Morgan fingerprint density at radius 2 is 1.65 bits per heavy atom. The van der Waals surface area contributed by atoms with Crippen LogP contribution in [0.4, 0.5) is 0 Å². The van der Waals surface area contributed by atoms with Gasteiger partial charge in [0.05, 0.1) is 6.10 Å². The number of benzene rings is 1. The van der Waals surface area contributed by atoms with Crippen LogP contribution in [-0.2, 0) is 0 Å². The van der Waals surface area contributed by atoms with Gasteiger partial charge >= 0.3 is 0 Å². The highest BCUT2D eigenvalue weighted by Crippen LogP contribution is 2.38. The third-order valence-corrected chi connectivity index (χ3v) is 4.89. The summed E-state index contributed by atoms with van der Waals surface area (Å²) in [6.07, 6.45) is 8.83. The van der Waals surface area contributed by atoms with E-state index in [-0.39, 0.29) is 6.10 Å². The van der Waals surface area contributed by atoms with Crippen LogP contribution in [0.25, 0.3) is 0 Å². The molecule has 1 atom stereocenters. The van der Waals surface area contributed by atoms with Crippen LogP contribution in [0.2, 0.25) is 0 Å². The predicted octanol–water partition coefficient (Wildman–Crippen LogP) is 5.33. The summed E-state index contributed by atoms with van der Waals surface area (Å²) in [6.45, 7) is 6.51. The second-order valence-corrected chi connectivity index (χ2v) is 6.79. The van der Waals surface area contributed by atoms with E-state index >= 15 is 0 Å². The number of aryl methyl sites for hydroxylation is 2. The van der Waals surface area contributed by atoms with Crippen molar-refractivity contribution in [3.05, 3.63) is 34.9 Å². The van der Waals surface area contributed by atoms with Crippen molar-refractivity contribution in [2.45, 2.75) is 71.8 Å². The summed E-state index contributed by atoms with van der Waals surface area (Å²) in [4.78, 5) is 0. The number of rotatable bonds is 5. The molecule has 1 aliphatic rings. The average molecular weight is 274 g/mol. The Hall–Kier alpha value is -0.820. The summed E-state index contributed by atoms with van der Waals surface area (Å²) in [5.74, 6) is 1.38. The van der Waals surface area contributed by atoms with Crippen LogP contribution in [0.5, 0.6) is 0 Å². The number of hydrogen-bond acceptors (Lipinski definition) is 1. The van der Waals surface area contributed by atoms with Gasteiger partial charge in [-0.25, -0.2) is 0 Å². The van der Waals surface area contributed by atoms with E-state index < -0.39 is 0 Å². The lowest BCUT2D eigenvalue weighted by atomic mass is 9.76. The fourth-order valence-corrected chi connectivity index (χ4v) is 3.74. The van der Waals surface area contributed by atoms with Gasteiger partial charge in [0.2, 0.25) is 0 Å². The maximum absolute atomic E-state index is 10.7. The van der Waals surface area contributed by atoms with Gasteiger partial charge in [-0.05, 0) is 44.1 Å². The molecular formula is C19H30O. The van der Waals surface area contributed by atoms with Crippen molar-refractivity contribution >= 4 is 0 Å². The first-order valence-electron chi connectivity index (χ1n) is 8.36. The zero-order valence-corrected chi connectivity index (χ0v) is 13.4. The zero-order valence-electron chi connectivity index (χ0n) is 13.4. The molecule has 0 aliphatic heterocycles. The molecule has 1 nitrogen and oxygen atoms in total. The van der Waals surface area contributed by atoms with Crippen LogP contribution in [0.1, 0.15) is 74.7 Å². The van der Waals surface area contributed by atoms with Gasteiger partial charge in [-0.15, -0.1) is 0 Å². The van der Waals surface area contributed by atoms with Crippen LogP contribution in [0, 0.1) is 25.7 Å². The largest absolute Gasteiger partial charge is 0.388 e. The van der Waals surface area contributed by atoms with E-state index in [4.69, 9.17) is 0 Å². The van der Waals surface area contributed by atoms with Crippen LogP contribution in [0.15, 0.2) is 18.2 Å². The molecule has 112 valence electrons. The molecule has 1 aromatic carbocycles. The lowest BCUT2D eigenvalue weighted by Gasteiger charge is -2.32. The normalized spacial score (nSPS) is 24.6.